The highest BCUT2D eigenvalue weighted by atomic mass is 19.1. The van der Waals surface area contributed by atoms with Gasteiger partial charge in [-0.1, -0.05) is 18.2 Å². The molecule has 0 heterocycles. The third-order valence-electron chi connectivity index (χ3n) is 2.40. The lowest BCUT2D eigenvalue weighted by atomic mass is 10.0. The second-order valence-corrected chi connectivity index (χ2v) is 3.46. The lowest BCUT2D eigenvalue weighted by molar-refractivity contribution is 0.628. The molecule has 2 aromatic rings. The second kappa shape index (κ2) is 4.47. The van der Waals surface area contributed by atoms with Crippen LogP contribution in [0.25, 0.3) is 16.0 Å². The number of nitriles is 1. The van der Waals surface area contributed by atoms with E-state index in [0.29, 0.717) is 16.8 Å². The molecular weight excluding hydrogens is 215 g/mol. The molecule has 2 aromatic carbocycles. The molecule has 0 bridgehead atoms. The highest BCUT2D eigenvalue weighted by Gasteiger charge is 2.06. The zero-order valence-corrected chi connectivity index (χ0v) is 8.81. The zero-order valence-electron chi connectivity index (χ0n) is 8.81. The van der Waals surface area contributed by atoms with E-state index in [1.54, 1.807) is 24.3 Å². The molecule has 80 valence electrons. The van der Waals surface area contributed by atoms with Gasteiger partial charge in [0, 0.05) is 0 Å². The van der Waals surface area contributed by atoms with E-state index in [9.17, 15) is 4.39 Å². The topological polar surface area (TPSA) is 28.1 Å². The summed E-state index contributed by atoms with van der Waals surface area (Å²) in [7, 11) is 0. The largest absolute Gasteiger partial charge is 0.238 e. The highest BCUT2D eigenvalue weighted by Crippen LogP contribution is 2.31. The van der Waals surface area contributed by atoms with Crippen LogP contribution < -0.4 is 0 Å². The molecule has 3 heteroatoms. The van der Waals surface area contributed by atoms with E-state index in [-0.39, 0.29) is 5.82 Å². The van der Waals surface area contributed by atoms with Gasteiger partial charge >= 0.3 is 0 Å². The van der Waals surface area contributed by atoms with Gasteiger partial charge in [-0.3, -0.25) is 0 Å². The minimum atomic E-state index is -0.378. The first-order chi connectivity index (χ1) is 8.24. The van der Waals surface area contributed by atoms with Crippen LogP contribution >= 0.6 is 0 Å². The predicted octanol–water partition coefficient (Wildman–Crippen LogP) is 3.92. The summed E-state index contributed by atoms with van der Waals surface area (Å²) in [5.41, 5.74) is 2.21. The molecule has 0 saturated heterocycles. The second-order valence-electron chi connectivity index (χ2n) is 3.46. The molecule has 0 unspecified atom stereocenters. The van der Waals surface area contributed by atoms with Gasteiger partial charge in [0.2, 0.25) is 0 Å². The first kappa shape index (κ1) is 10.9. The molecule has 0 aliphatic carbocycles. The Morgan fingerprint density at radius 1 is 1.12 bits per heavy atom. The van der Waals surface area contributed by atoms with Crippen molar-refractivity contribution in [3.63, 3.8) is 0 Å². The average Bonchev–Trinajstić information content (AvgIpc) is 2.39. The Balaban J connectivity index is 2.56. The maximum absolute atomic E-state index is 13.2. The summed E-state index contributed by atoms with van der Waals surface area (Å²) in [5.74, 6) is -0.378. The van der Waals surface area contributed by atoms with Gasteiger partial charge in [-0.2, -0.15) is 5.26 Å². The first-order valence-electron chi connectivity index (χ1n) is 4.92. The number of rotatable bonds is 1. The van der Waals surface area contributed by atoms with Gasteiger partial charge in [0.1, 0.15) is 5.82 Å². The summed E-state index contributed by atoms with van der Waals surface area (Å²) in [4.78, 5) is 3.35. The fourth-order valence-electron chi connectivity index (χ4n) is 1.56. The number of benzene rings is 2. The summed E-state index contributed by atoms with van der Waals surface area (Å²) in [6.07, 6.45) is 0. The number of halogens is 1. The molecular formula is C14H7FN2. The van der Waals surface area contributed by atoms with Gasteiger partial charge in [-0.15, -0.1) is 0 Å². The number of hydrogen-bond donors (Lipinski definition) is 0. The molecule has 17 heavy (non-hydrogen) atoms. The van der Waals surface area contributed by atoms with Crippen LogP contribution in [0.1, 0.15) is 5.56 Å². The third-order valence-corrected chi connectivity index (χ3v) is 2.40. The van der Waals surface area contributed by atoms with Crippen LogP contribution in [0, 0.1) is 23.7 Å². The van der Waals surface area contributed by atoms with E-state index in [0.717, 1.165) is 5.56 Å². The monoisotopic (exact) mass is 222 g/mol. The summed E-state index contributed by atoms with van der Waals surface area (Å²) in [6.45, 7) is 7.03. The molecule has 0 aliphatic rings. The summed E-state index contributed by atoms with van der Waals surface area (Å²) in [6, 6.07) is 12.8. The minimum Gasteiger partial charge on any atom is -0.238 e. The molecule has 0 spiro atoms. The van der Waals surface area contributed by atoms with Crippen LogP contribution in [0.2, 0.25) is 0 Å². The molecule has 0 N–H and O–H groups in total. The molecule has 0 saturated carbocycles. The van der Waals surface area contributed by atoms with Crippen LogP contribution in [-0.4, -0.2) is 0 Å². The van der Waals surface area contributed by atoms with Gasteiger partial charge in [-0.25, -0.2) is 9.24 Å². The molecule has 0 fully saturated rings. The van der Waals surface area contributed by atoms with Gasteiger partial charge in [0.05, 0.1) is 18.2 Å². The van der Waals surface area contributed by atoms with E-state index in [2.05, 4.69) is 4.85 Å². The standard InChI is InChI=1S/C14H7FN2/c1-17-14-7-6-12(15)8-13(14)11-4-2-10(9-16)3-5-11/h2-8H. The fourth-order valence-corrected chi connectivity index (χ4v) is 1.56. The maximum atomic E-state index is 13.2. The van der Waals surface area contributed by atoms with Gasteiger partial charge < -0.3 is 0 Å². The summed E-state index contributed by atoms with van der Waals surface area (Å²) in [5, 5.41) is 8.69. The molecule has 0 aromatic heterocycles. The SMILES string of the molecule is [C-]#[N+]c1ccc(F)cc1-c1ccc(C#N)cc1. The van der Waals surface area contributed by atoms with Crippen molar-refractivity contribution in [2.45, 2.75) is 0 Å². The van der Waals surface area contributed by atoms with Crippen molar-refractivity contribution in [3.8, 4) is 17.2 Å². The number of nitrogens with zero attached hydrogens (tertiary/aromatic N) is 2. The van der Waals surface area contributed by atoms with Gasteiger partial charge in [0.25, 0.3) is 0 Å². The quantitative estimate of drug-likeness (QED) is 0.672. The Morgan fingerprint density at radius 2 is 1.82 bits per heavy atom. The van der Waals surface area contributed by atoms with E-state index in [4.69, 9.17) is 11.8 Å². The lowest BCUT2D eigenvalue weighted by Gasteiger charge is -2.04. The highest BCUT2D eigenvalue weighted by molar-refractivity contribution is 5.78. The average molecular weight is 222 g/mol. The summed E-state index contributed by atoms with van der Waals surface area (Å²) >= 11 is 0. The van der Waals surface area contributed by atoms with Crippen molar-refractivity contribution < 1.29 is 4.39 Å². The van der Waals surface area contributed by atoms with E-state index >= 15 is 0 Å². The smallest absolute Gasteiger partial charge is 0.195 e. The van der Waals surface area contributed by atoms with Crippen LogP contribution in [0.3, 0.4) is 0 Å². The van der Waals surface area contributed by atoms with Gasteiger partial charge in [-0.05, 0) is 35.4 Å². The maximum Gasteiger partial charge on any atom is 0.195 e. The van der Waals surface area contributed by atoms with E-state index < -0.39 is 0 Å². The van der Waals surface area contributed by atoms with E-state index in [1.807, 2.05) is 6.07 Å². The van der Waals surface area contributed by atoms with E-state index in [1.165, 1.54) is 18.2 Å². The van der Waals surface area contributed by atoms with Crippen LogP contribution in [0.15, 0.2) is 42.5 Å². The molecule has 0 amide bonds. The molecule has 2 nitrogen and oxygen atoms in total. The Bertz CT molecular complexity index is 631. The van der Waals surface area contributed by atoms with Crippen molar-refractivity contribution in [2.24, 2.45) is 0 Å². The van der Waals surface area contributed by atoms with Crippen molar-refractivity contribution in [2.75, 3.05) is 0 Å². The Labute approximate surface area is 98.4 Å². The predicted molar refractivity (Wildman–Crippen MR) is 62.8 cm³/mol. The Hall–Kier alpha value is -2.65. The Kier molecular flexibility index (Phi) is 2.85. The van der Waals surface area contributed by atoms with Crippen LogP contribution in [-0.2, 0) is 0 Å². The zero-order chi connectivity index (χ0) is 12.3. The van der Waals surface area contributed by atoms with Crippen LogP contribution in [0.4, 0.5) is 10.1 Å². The normalized spacial score (nSPS) is 9.35. The molecule has 0 atom stereocenters. The number of hydrogen-bond acceptors (Lipinski definition) is 1. The van der Waals surface area contributed by atoms with Crippen LogP contribution in [0.5, 0.6) is 0 Å². The van der Waals surface area contributed by atoms with Gasteiger partial charge in [0.15, 0.2) is 5.69 Å². The Morgan fingerprint density at radius 3 is 2.41 bits per heavy atom. The van der Waals surface area contributed by atoms with Crippen molar-refractivity contribution in [1.29, 1.82) is 5.26 Å². The third kappa shape index (κ3) is 2.14. The molecule has 0 radical (unpaired) electrons. The first-order valence-corrected chi connectivity index (χ1v) is 4.92. The fraction of sp³-hybridized carbons (Fsp3) is 0. The van der Waals surface area contributed by atoms with Crippen molar-refractivity contribution >= 4 is 5.69 Å². The summed E-state index contributed by atoms with van der Waals surface area (Å²) < 4.78 is 13.2. The molecule has 0 aliphatic heterocycles. The molecule has 2 rings (SSSR count). The lowest BCUT2D eigenvalue weighted by Crippen LogP contribution is -1.82. The van der Waals surface area contributed by atoms with Crippen molar-refractivity contribution in [3.05, 3.63) is 65.3 Å². The van der Waals surface area contributed by atoms with Crippen molar-refractivity contribution in [1.82, 2.24) is 0 Å². The minimum absolute atomic E-state index is 0.378.